The molecule has 0 unspecified atom stereocenters. The summed E-state index contributed by atoms with van der Waals surface area (Å²) in [5, 5.41) is 0.317. The summed E-state index contributed by atoms with van der Waals surface area (Å²) in [6, 6.07) is 6.33. The average Bonchev–Trinajstić information content (AvgIpc) is 3.18. The van der Waals surface area contributed by atoms with E-state index in [1.807, 2.05) is 18.5 Å². The molecule has 0 saturated carbocycles. The van der Waals surface area contributed by atoms with Crippen LogP contribution in [0, 0.1) is 0 Å². The number of aromatic nitrogens is 3. The quantitative estimate of drug-likeness (QED) is 0.561. The van der Waals surface area contributed by atoms with Crippen molar-refractivity contribution in [1.82, 2.24) is 24.8 Å². The summed E-state index contributed by atoms with van der Waals surface area (Å²) >= 11 is 8.02. The van der Waals surface area contributed by atoms with Crippen molar-refractivity contribution in [3.05, 3.63) is 46.3 Å². The van der Waals surface area contributed by atoms with Crippen molar-refractivity contribution in [3.63, 3.8) is 0 Å². The van der Waals surface area contributed by atoms with Gasteiger partial charge in [-0.2, -0.15) is 4.98 Å². The molecule has 9 heteroatoms. The molecule has 0 aromatic carbocycles. The maximum atomic E-state index is 6.23. The highest BCUT2D eigenvalue weighted by atomic mass is 35.5. The summed E-state index contributed by atoms with van der Waals surface area (Å²) in [6.07, 6.45) is 3.79. The van der Waals surface area contributed by atoms with Gasteiger partial charge in [0.15, 0.2) is 5.82 Å². The van der Waals surface area contributed by atoms with Gasteiger partial charge >= 0.3 is 0 Å². The molecule has 7 nitrogen and oxygen atoms in total. The number of halogens is 1. The molecule has 0 aliphatic carbocycles. The van der Waals surface area contributed by atoms with Gasteiger partial charge in [-0.3, -0.25) is 14.8 Å². The third-order valence-electron chi connectivity index (χ3n) is 5.66. The number of pyridine rings is 1. The number of nitrogens with zero attached hydrogens (tertiary/aromatic N) is 6. The van der Waals surface area contributed by atoms with Gasteiger partial charge < -0.3 is 9.64 Å². The standard InChI is InChI=1S/C21H25ClN6OS/c22-21-24-18-12-17(30-19(18)20(25-21)28-8-10-29-11-9-28)15-27-6-4-26(5-7-27)14-16-2-1-3-23-13-16/h1-3,12-13H,4-11,14-15H2. The molecule has 158 valence electrons. The lowest BCUT2D eigenvalue weighted by Crippen LogP contribution is -2.45. The van der Waals surface area contributed by atoms with E-state index in [0.29, 0.717) is 5.28 Å². The number of hydrogen-bond acceptors (Lipinski definition) is 8. The molecule has 0 spiro atoms. The Kier molecular flexibility index (Phi) is 6.10. The van der Waals surface area contributed by atoms with Gasteiger partial charge in [-0.1, -0.05) is 6.07 Å². The number of morpholine rings is 1. The predicted octanol–water partition coefficient (Wildman–Crippen LogP) is 2.89. The number of hydrogen-bond donors (Lipinski definition) is 0. The maximum absolute atomic E-state index is 6.23. The highest BCUT2D eigenvalue weighted by Crippen LogP contribution is 2.34. The predicted molar refractivity (Wildman–Crippen MR) is 120 cm³/mol. The molecular weight excluding hydrogens is 420 g/mol. The lowest BCUT2D eigenvalue weighted by atomic mass is 10.2. The van der Waals surface area contributed by atoms with Gasteiger partial charge in [-0.15, -0.1) is 11.3 Å². The fraction of sp³-hybridized carbons (Fsp3) is 0.476. The summed E-state index contributed by atoms with van der Waals surface area (Å²) < 4.78 is 6.62. The second-order valence-electron chi connectivity index (χ2n) is 7.76. The van der Waals surface area contributed by atoms with Gasteiger partial charge in [-0.05, 0) is 29.3 Å². The normalized spacial score (nSPS) is 18.9. The van der Waals surface area contributed by atoms with Gasteiger partial charge in [0.2, 0.25) is 5.28 Å². The van der Waals surface area contributed by atoms with Crippen LogP contribution >= 0.6 is 22.9 Å². The summed E-state index contributed by atoms with van der Waals surface area (Å²) in [4.78, 5) is 21.8. The Hall–Kier alpha value is -1.84. The van der Waals surface area contributed by atoms with Crippen LogP contribution in [0.4, 0.5) is 5.82 Å². The fourth-order valence-corrected chi connectivity index (χ4v) is 5.41. The zero-order valence-corrected chi connectivity index (χ0v) is 18.4. The molecular formula is C21H25ClN6OS. The number of thiophene rings is 1. The molecule has 0 bridgehead atoms. The zero-order valence-electron chi connectivity index (χ0n) is 16.8. The molecule has 0 N–H and O–H groups in total. The number of fused-ring (bicyclic) bond motifs is 1. The largest absolute Gasteiger partial charge is 0.378 e. The summed E-state index contributed by atoms with van der Waals surface area (Å²) in [5.74, 6) is 0.950. The van der Waals surface area contributed by atoms with Crippen LogP contribution in [-0.2, 0) is 17.8 Å². The van der Waals surface area contributed by atoms with Gasteiger partial charge in [0.05, 0.1) is 23.4 Å². The van der Waals surface area contributed by atoms with E-state index in [1.165, 1.54) is 10.4 Å². The minimum absolute atomic E-state index is 0.317. The van der Waals surface area contributed by atoms with Crippen molar-refractivity contribution in [1.29, 1.82) is 0 Å². The Morgan fingerprint density at radius 1 is 1.00 bits per heavy atom. The Balaban J connectivity index is 1.25. The van der Waals surface area contributed by atoms with Crippen molar-refractivity contribution >= 4 is 39.0 Å². The molecule has 2 aliphatic heterocycles. The number of piperazine rings is 1. The first-order valence-corrected chi connectivity index (χ1v) is 11.6. The summed E-state index contributed by atoms with van der Waals surface area (Å²) in [5.41, 5.74) is 2.23. The van der Waals surface area contributed by atoms with Crippen LogP contribution in [0.2, 0.25) is 5.28 Å². The topological polar surface area (TPSA) is 57.6 Å². The molecule has 5 heterocycles. The summed E-state index contributed by atoms with van der Waals surface area (Å²) in [7, 11) is 0. The second kappa shape index (κ2) is 9.11. The monoisotopic (exact) mass is 444 g/mol. The Morgan fingerprint density at radius 3 is 2.50 bits per heavy atom. The van der Waals surface area contributed by atoms with E-state index in [4.69, 9.17) is 16.3 Å². The molecule has 2 aliphatic rings. The van der Waals surface area contributed by atoms with E-state index in [2.05, 4.69) is 41.8 Å². The van der Waals surface area contributed by atoms with E-state index in [9.17, 15) is 0 Å². The van der Waals surface area contributed by atoms with E-state index < -0.39 is 0 Å². The SMILES string of the molecule is Clc1nc(N2CCOCC2)c2sc(CN3CCN(Cc4cccnc4)CC3)cc2n1. The van der Waals surface area contributed by atoms with Gasteiger partial charge in [0.1, 0.15) is 0 Å². The van der Waals surface area contributed by atoms with E-state index >= 15 is 0 Å². The van der Waals surface area contributed by atoms with Crippen LogP contribution in [-0.4, -0.2) is 77.2 Å². The minimum Gasteiger partial charge on any atom is -0.378 e. The smallest absolute Gasteiger partial charge is 0.224 e. The lowest BCUT2D eigenvalue weighted by Gasteiger charge is -2.34. The first-order valence-electron chi connectivity index (χ1n) is 10.4. The lowest BCUT2D eigenvalue weighted by molar-refractivity contribution is 0.122. The number of ether oxygens (including phenoxy) is 1. The number of rotatable bonds is 5. The van der Waals surface area contributed by atoms with Crippen LogP contribution in [0.1, 0.15) is 10.4 Å². The van der Waals surface area contributed by atoms with Gasteiger partial charge in [0, 0.05) is 69.6 Å². The van der Waals surface area contributed by atoms with E-state index in [0.717, 1.165) is 81.6 Å². The van der Waals surface area contributed by atoms with Crippen molar-refractivity contribution < 1.29 is 4.74 Å². The van der Waals surface area contributed by atoms with Gasteiger partial charge in [0.25, 0.3) is 0 Å². The second-order valence-corrected chi connectivity index (χ2v) is 9.23. The average molecular weight is 445 g/mol. The highest BCUT2D eigenvalue weighted by Gasteiger charge is 2.21. The third kappa shape index (κ3) is 4.58. The first-order chi connectivity index (χ1) is 14.7. The minimum atomic E-state index is 0.317. The molecule has 0 radical (unpaired) electrons. The van der Waals surface area contributed by atoms with E-state index in [-0.39, 0.29) is 0 Å². The third-order valence-corrected chi connectivity index (χ3v) is 6.94. The number of anilines is 1. The van der Waals surface area contributed by atoms with Crippen LogP contribution in [0.5, 0.6) is 0 Å². The molecule has 2 saturated heterocycles. The Morgan fingerprint density at radius 2 is 1.77 bits per heavy atom. The van der Waals surface area contributed by atoms with Crippen LogP contribution in [0.15, 0.2) is 30.6 Å². The van der Waals surface area contributed by atoms with Gasteiger partial charge in [-0.25, -0.2) is 4.98 Å². The highest BCUT2D eigenvalue weighted by molar-refractivity contribution is 7.19. The van der Waals surface area contributed by atoms with Crippen molar-refractivity contribution in [2.45, 2.75) is 13.1 Å². The molecule has 30 heavy (non-hydrogen) atoms. The molecule has 3 aromatic heterocycles. The van der Waals surface area contributed by atoms with E-state index in [1.54, 1.807) is 11.3 Å². The first kappa shape index (κ1) is 20.1. The molecule has 2 fully saturated rings. The molecule has 0 atom stereocenters. The zero-order chi connectivity index (χ0) is 20.3. The molecule has 0 amide bonds. The van der Waals surface area contributed by atoms with Crippen LogP contribution < -0.4 is 4.90 Å². The molecule has 3 aromatic rings. The Labute approximate surface area is 185 Å². The van der Waals surface area contributed by atoms with Crippen LogP contribution in [0.25, 0.3) is 10.2 Å². The molecule has 5 rings (SSSR count). The van der Waals surface area contributed by atoms with Crippen molar-refractivity contribution in [2.75, 3.05) is 57.4 Å². The maximum Gasteiger partial charge on any atom is 0.224 e. The fourth-order valence-electron chi connectivity index (χ4n) is 4.08. The van der Waals surface area contributed by atoms with Crippen molar-refractivity contribution in [2.24, 2.45) is 0 Å². The van der Waals surface area contributed by atoms with Crippen LogP contribution in [0.3, 0.4) is 0 Å². The summed E-state index contributed by atoms with van der Waals surface area (Å²) in [6.45, 7) is 9.34. The Bertz CT molecular complexity index is 986. The van der Waals surface area contributed by atoms with Crippen molar-refractivity contribution in [3.8, 4) is 0 Å².